The molecule has 0 aliphatic carbocycles. The molecule has 1 aliphatic heterocycles. The minimum absolute atomic E-state index is 0.101. The maximum atomic E-state index is 13.0. The number of urea groups is 1. The van der Waals surface area contributed by atoms with E-state index in [1.807, 2.05) is 69.3 Å². The van der Waals surface area contributed by atoms with Gasteiger partial charge in [0.2, 0.25) is 5.82 Å². The lowest BCUT2D eigenvalue weighted by Gasteiger charge is -2.35. The van der Waals surface area contributed by atoms with Gasteiger partial charge in [0, 0.05) is 17.8 Å². The number of hydrogen-bond acceptors (Lipinski definition) is 4. The molecule has 6 heteroatoms. The van der Waals surface area contributed by atoms with Crippen LogP contribution in [0.4, 0.5) is 4.79 Å². The number of nitrogens with one attached hydrogen (secondary N) is 1. The zero-order chi connectivity index (χ0) is 22.8. The van der Waals surface area contributed by atoms with E-state index in [1.165, 1.54) is 5.56 Å². The maximum absolute atomic E-state index is 13.0. The van der Waals surface area contributed by atoms with Crippen LogP contribution in [-0.2, 0) is 0 Å². The maximum Gasteiger partial charge on any atom is 0.322 e. The van der Waals surface area contributed by atoms with Crippen LogP contribution in [0.1, 0.15) is 55.8 Å². The zero-order valence-electron chi connectivity index (χ0n) is 19.3. The van der Waals surface area contributed by atoms with Gasteiger partial charge in [0.1, 0.15) is 0 Å². The quantitative estimate of drug-likeness (QED) is 0.529. The number of hydrogen-bond donors (Lipinski definition) is 1. The van der Waals surface area contributed by atoms with Crippen LogP contribution in [0.3, 0.4) is 0 Å². The van der Waals surface area contributed by atoms with Crippen molar-refractivity contribution in [1.29, 1.82) is 0 Å². The van der Waals surface area contributed by atoms with Crippen molar-refractivity contribution < 1.29 is 9.32 Å². The van der Waals surface area contributed by atoms with Gasteiger partial charge >= 0.3 is 6.03 Å². The van der Waals surface area contributed by atoms with Crippen molar-refractivity contribution in [3.63, 3.8) is 0 Å². The molecule has 0 fully saturated rings. The molecule has 0 bridgehead atoms. The molecule has 0 radical (unpaired) electrons. The summed E-state index contributed by atoms with van der Waals surface area (Å²) in [7, 11) is 0. The van der Waals surface area contributed by atoms with Gasteiger partial charge in [-0.25, -0.2) is 4.79 Å². The molecule has 166 valence electrons. The smallest absolute Gasteiger partial charge is 0.322 e. The van der Waals surface area contributed by atoms with Crippen molar-refractivity contribution in [2.24, 2.45) is 5.92 Å². The lowest BCUT2D eigenvalue weighted by molar-refractivity contribution is 0.202. The first-order valence-electron chi connectivity index (χ1n) is 11.1. The summed E-state index contributed by atoms with van der Waals surface area (Å²) in [6.07, 6.45) is 0.908. The molecule has 0 saturated heterocycles. The number of aryl methyl sites for hydroxylation is 2. The molecule has 6 nitrogen and oxygen atoms in total. The molecule has 4 rings (SSSR count). The summed E-state index contributed by atoms with van der Waals surface area (Å²) in [4.78, 5) is 19.5. The summed E-state index contributed by atoms with van der Waals surface area (Å²) in [6, 6.07) is 15.7. The molecule has 32 heavy (non-hydrogen) atoms. The van der Waals surface area contributed by atoms with E-state index in [0.717, 1.165) is 34.4 Å². The Labute approximate surface area is 189 Å². The molecule has 1 unspecified atom stereocenters. The third-order valence-electron chi connectivity index (χ3n) is 5.90. The van der Waals surface area contributed by atoms with E-state index in [4.69, 9.17) is 9.51 Å². The Bertz CT molecular complexity index is 1130. The van der Waals surface area contributed by atoms with Crippen LogP contribution in [0.25, 0.3) is 17.0 Å². The summed E-state index contributed by atoms with van der Waals surface area (Å²) < 4.78 is 5.75. The average molecular weight is 431 g/mol. The Morgan fingerprint density at radius 2 is 1.62 bits per heavy atom. The van der Waals surface area contributed by atoms with E-state index < -0.39 is 0 Å². The van der Waals surface area contributed by atoms with Gasteiger partial charge in [-0.15, -0.1) is 0 Å². The zero-order valence-corrected chi connectivity index (χ0v) is 19.3. The van der Waals surface area contributed by atoms with Crippen molar-refractivity contribution in [1.82, 2.24) is 20.4 Å². The van der Waals surface area contributed by atoms with Crippen LogP contribution in [0.5, 0.6) is 0 Å². The normalized spacial score (nSPS) is 16.6. The predicted octanol–water partition coefficient (Wildman–Crippen LogP) is 5.90. The highest BCUT2D eigenvalue weighted by Gasteiger charge is 2.35. The fraction of sp³-hybridized carbons (Fsp3) is 0.346. The largest absolute Gasteiger partial charge is 0.334 e. The second-order valence-electron chi connectivity index (χ2n) is 8.92. The number of nitrogens with zero attached hydrogens (tertiary/aromatic N) is 3. The third-order valence-corrected chi connectivity index (χ3v) is 5.90. The van der Waals surface area contributed by atoms with E-state index in [2.05, 4.69) is 24.3 Å². The van der Waals surface area contributed by atoms with Crippen LogP contribution in [0.15, 0.2) is 58.8 Å². The van der Waals surface area contributed by atoms with Gasteiger partial charge in [0.25, 0.3) is 5.89 Å². The standard InChI is InChI=1S/C26H30N4O2/c1-16(2)14-15-30-19(5)22(23(27-26(30)31)20-10-6-17(3)7-11-20)25-28-24(29-32-25)21-12-8-18(4)9-13-21/h6-13,16,23H,14-15H2,1-5H3,(H,27,31). The SMILES string of the molecule is CC1=C(c2nc(-c3ccc(C)cc3)no2)C(c2ccc(C)cc2)NC(=O)N1CCC(C)C. The van der Waals surface area contributed by atoms with Crippen LogP contribution >= 0.6 is 0 Å². The third kappa shape index (κ3) is 4.44. The van der Waals surface area contributed by atoms with Gasteiger partial charge in [-0.05, 0) is 38.7 Å². The van der Waals surface area contributed by atoms with E-state index in [0.29, 0.717) is 24.2 Å². The van der Waals surface area contributed by atoms with Gasteiger partial charge in [-0.2, -0.15) is 4.98 Å². The molecule has 1 aromatic heterocycles. The Hall–Kier alpha value is -3.41. The Balaban J connectivity index is 1.78. The Morgan fingerprint density at radius 1 is 1.00 bits per heavy atom. The highest BCUT2D eigenvalue weighted by molar-refractivity contribution is 5.86. The lowest BCUT2D eigenvalue weighted by atomic mass is 9.94. The molecule has 1 aliphatic rings. The van der Waals surface area contributed by atoms with Crippen LogP contribution in [-0.4, -0.2) is 27.6 Å². The van der Waals surface area contributed by atoms with Gasteiger partial charge in [-0.1, -0.05) is 78.7 Å². The number of rotatable bonds is 6. The van der Waals surface area contributed by atoms with E-state index >= 15 is 0 Å². The Kier molecular flexibility index (Phi) is 6.12. The second kappa shape index (κ2) is 8.99. The summed E-state index contributed by atoms with van der Waals surface area (Å²) >= 11 is 0. The van der Waals surface area contributed by atoms with Crippen LogP contribution in [0, 0.1) is 19.8 Å². The fourth-order valence-corrected chi connectivity index (χ4v) is 3.88. The monoisotopic (exact) mass is 430 g/mol. The molecular weight excluding hydrogens is 400 g/mol. The average Bonchev–Trinajstić information content (AvgIpc) is 3.23. The first kappa shape index (κ1) is 21.8. The van der Waals surface area contributed by atoms with Crippen LogP contribution in [0.2, 0.25) is 0 Å². The van der Waals surface area contributed by atoms with Gasteiger partial charge in [0.15, 0.2) is 0 Å². The number of amides is 2. The highest BCUT2D eigenvalue weighted by atomic mass is 16.5. The lowest BCUT2D eigenvalue weighted by Crippen LogP contribution is -2.46. The van der Waals surface area contributed by atoms with E-state index in [1.54, 1.807) is 4.90 Å². The molecule has 1 atom stereocenters. The summed E-state index contributed by atoms with van der Waals surface area (Å²) in [5.74, 6) is 1.46. The molecule has 2 amide bonds. The summed E-state index contributed by atoms with van der Waals surface area (Å²) in [6.45, 7) is 11.0. The summed E-state index contributed by atoms with van der Waals surface area (Å²) in [5, 5.41) is 7.40. The van der Waals surface area contributed by atoms with Gasteiger partial charge in [0.05, 0.1) is 11.6 Å². The van der Waals surface area contributed by atoms with E-state index in [9.17, 15) is 4.79 Å². The van der Waals surface area contributed by atoms with Crippen molar-refractivity contribution in [3.8, 4) is 11.4 Å². The Morgan fingerprint density at radius 3 is 2.25 bits per heavy atom. The van der Waals surface area contributed by atoms with E-state index in [-0.39, 0.29) is 12.1 Å². The molecule has 0 saturated carbocycles. The second-order valence-corrected chi connectivity index (χ2v) is 8.92. The minimum atomic E-state index is -0.357. The van der Waals surface area contributed by atoms with Crippen molar-refractivity contribution in [2.75, 3.05) is 6.54 Å². The fourth-order valence-electron chi connectivity index (χ4n) is 3.88. The number of benzene rings is 2. The van der Waals surface area contributed by atoms with Crippen molar-refractivity contribution >= 4 is 11.6 Å². The van der Waals surface area contributed by atoms with Crippen molar-refractivity contribution in [3.05, 3.63) is 76.8 Å². The molecule has 3 aromatic rings. The topological polar surface area (TPSA) is 71.3 Å². The number of aromatic nitrogens is 2. The van der Waals surface area contributed by atoms with Crippen molar-refractivity contribution in [2.45, 2.75) is 47.1 Å². The predicted molar refractivity (Wildman–Crippen MR) is 126 cm³/mol. The van der Waals surface area contributed by atoms with Gasteiger partial charge < -0.3 is 9.84 Å². The molecule has 2 heterocycles. The molecule has 1 N–H and O–H groups in total. The molecular formula is C26H30N4O2. The first-order chi connectivity index (χ1) is 15.3. The molecule has 2 aromatic carbocycles. The minimum Gasteiger partial charge on any atom is -0.334 e. The highest BCUT2D eigenvalue weighted by Crippen LogP contribution is 2.37. The first-order valence-corrected chi connectivity index (χ1v) is 11.1. The number of carbonyl (C=O) groups is 1. The number of carbonyl (C=O) groups excluding carboxylic acids is 1. The number of allylic oxidation sites excluding steroid dienone is 1. The van der Waals surface area contributed by atoms with Crippen LogP contribution < -0.4 is 5.32 Å². The molecule has 0 spiro atoms. The van der Waals surface area contributed by atoms with Gasteiger partial charge in [-0.3, -0.25) is 4.90 Å². The summed E-state index contributed by atoms with van der Waals surface area (Å²) in [5.41, 5.74) is 5.90.